The molecule has 0 saturated heterocycles. The van der Waals surface area contributed by atoms with Gasteiger partial charge in [0, 0.05) is 18.8 Å². The molecule has 0 N–H and O–H groups in total. The fraction of sp³-hybridized carbons (Fsp3) is 0.625. The Morgan fingerprint density at radius 3 is 2.48 bits per heavy atom. The summed E-state index contributed by atoms with van der Waals surface area (Å²) >= 11 is 1.20. The van der Waals surface area contributed by atoms with Crippen LogP contribution in [0.25, 0.3) is 4.85 Å². The average molecular weight is 598 g/mol. The lowest BCUT2D eigenvalue weighted by Crippen LogP contribution is -2.43. The summed E-state index contributed by atoms with van der Waals surface area (Å²) in [4.78, 5) is 6.32. The van der Waals surface area contributed by atoms with Gasteiger partial charge in [0.05, 0.1) is 76.4 Å². The molecule has 0 aliphatic carbocycles. The summed E-state index contributed by atoms with van der Waals surface area (Å²) in [7, 11) is 4.51. The van der Waals surface area contributed by atoms with E-state index in [1.54, 1.807) is 6.92 Å². The monoisotopic (exact) mass is 597 g/mol. The van der Waals surface area contributed by atoms with Crippen LogP contribution < -0.4 is 4.90 Å². The van der Waals surface area contributed by atoms with Crippen molar-refractivity contribution in [1.29, 1.82) is 5.26 Å². The lowest BCUT2D eigenvalue weighted by molar-refractivity contribution is -0.890. The van der Waals surface area contributed by atoms with Gasteiger partial charge < -0.3 is 23.6 Å². The standard InChI is InChI=1S/C32H49N6O3S/c1-10-12-15-38(8,9)16-17-39-18-19-40-28(23-41-24(3)4)22-37(11-2)27-13-14-29(25(5)20-27)35-36-32-31(34-7)26(6)30(21-33)42-32/h13-14,20,24,28H,10-12,15-19,22-23H2,1-6,8-9H3/q+1. The third-order valence-electron chi connectivity index (χ3n) is 7.06. The summed E-state index contributed by atoms with van der Waals surface area (Å²) in [5, 5.41) is 18.5. The van der Waals surface area contributed by atoms with Gasteiger partial charge in [0.15, 0.2) is 0 Å². The minimum absolute atomic E-state index is 0.101. The molecule has 0 bridgehead atoms. The van der Waals surface area contributed by atoms with Gasteiger partial charge in [-0.3, -0.25) is 0 Å². The molecule has 0 aliphatic rings. The van der Waals surface area contributed by atoms with Gasteiger partial charge in [-0.2, -0.15) is 15.5 Å². The Labute approximate surface area is 257 Å². The largest absolute Gasteiger partial charge is 0.376 e. The minimum atomic E-state index is -0.101. The predicted octanol–water partition coefficient (Wildman–Crippen LogP) is 7.73. The Hall–Kier alpha value is -2.86. The van der Waals surface area contributed by atoms with E-state index in [0.717, 1.165) is 41.1 Å². The SMILES string of the molecule is [C-]#[N+]c1c(N=Nc2ccc(N(CC)CC(COC(C)C)OCCOCC[N+](C)(C)CCCC)cc2C)sc(C#N)c1C. The highest BCUT2D eigenvalue weighted by molar-refractivity contribution is 7.17. The third-order valence-corrected chi connectivity index (χ3v) is 8.13. The van der Waals surface area contributed by atoms with Gasteiger partial charge in [0.25, 0.3) is 0 Å². The number of likely N-dealkylation sites (N-methyl/N-ethyl adjacent to an activating group) is 2. The highest BCUT2D eigenvalue weighted by Gasteiger charge is 2.18. The summed E-state index contributed by atoms with van der Waals surface area (Å²) in [5.41, 5.74) is 3.81. The van der Waals surface area contributed by atoms with E-state index < -0.39 is 0 Å². The molecule has 1 unspecified atom stereocenters. The van der Waals surface area contributed by atoms with Gasteiger partial charge in [-0.1, -0.05) is 13.3 Å². The van der Waals surface area contributed by atoms with Crippen LogP contribution in [0.3, 0.4) is 0 Å². The van der Waals surface area contributed by atoms with Crippen LogP contribution in [0.1, 0.15) is 56.5 Å². The molecule has 2 rings (SSSR count). The molecule has 0 spiro atoms. The second-order valence-corrected chi connectivity index (χ2v) is 12.4. The molecule has 0 fully saturated rings. The first kappa shape index (κ1) is 35.3. The summed E-state index contributed by atoms with van der Waals surface area (Å²) in [6.07, 6.45) is 2.47. The second kappa shape index (κ2) is 17.9. The number of nitriles is 1. The summed E-state index contributed by atoms with van der Waals surface area (Å²) in [5.74, 6) is 0. The highest BCUT2D eigenvalue weighted by Crippen LogP contribution is 2.42. The van der Waals surface area contributed by atoms with Crippen molar-refractivity contribution in [3.05, 3.63) is 45.6 Å². The molecule has 10 heteroatoms. The zero-order valence-electron chi connectivity index (χ0n) is 26.8. The normalized spacial score (nSPS) is 12.5. The van der Waals surface area contributed by atoms with E-state index in [9.17, 15) is 5.26 Å². The van der Waals surface area contributed by atoms with Gasteiger partial charge in [-0.15, -0.1) is 11.3 Å². The number of aryl methyl sites for hydroxylation is 1. The first-order chi connectivity index (χ1) is 20.0. The van der Waals surface area contributed by atoms with Crippen LogP contribution in [0.15, 0.2) is 28.4 Å². The van der Waals surface area contributed by atoms with E-state index >= 15 is 0 Å². The van der Waals surface area contributed by atoms with Gasteiger partial charge in [0.1, 0.15) is 17.6 Å². The first-order valence-electron chi connectivity index (χ1n) is 14.9. The number of thiophene rings is 1. The molecule has 2 aromatic rings. The number of hydrogen-bond donors (Lipinski definition) is 0. The van der Waals surface area contributed by atoms with Crippen LogP contribution in [0.2, 0.25) is 0 Å². The fourth-order valence-corrected chi connectivity index (χ4v) is 5.21. The molecular weight excluding hydrogens is 548 g/mol. The zero-order chi connectivity index (χ0) is 31.1. The summed E-state index contributed by atoms with van der Waals surface area (Å²) < 4.78 is 19.1. The number of quaternary nitrogens is 1. The van der Waals surface area contributed by atoms with E-state index in [0.29, 0.717) is 47.5 Å². The quantitative estimate of drug-likeness (QED) is 0.0716. The Morgan fingerprint density at radius 2 is 1.86 bits per heavy atom. The van der Waals surface area contributed by atoms with Crippen molar-refractivity contribution in [3.8, 4) is 6.07 Å². The van der Waals surface area contributed by atoms with Crippen LogP contribution in [0, 0.1) is 31.8 Å². The molecule has 1 heterocycles. The van der Waals surface area contributed by atoms with Crippen LogP contribution in [-0.2, 0) is 14.2 Å². The smallest absolute Gasteiger partial charge is 0.229 e. The number of ether oxygens (including phenoxy) is 3. The number of anilines is 1. The molecule has 0 amide bonds. The lowest BCUT2D eigenvalue weighted by Gasteiger charge is -2.30. The van der Waals surface area contributed by atoms with E-state index in [4.69, 9.17) is 20.8 Å². The van der Waals surface area contributed by atoms with E-state index in [2.05, 4.69) is 60.1 Å². The van der Waals surface area contributed by atoms with E-state index in [1.807, 2.05) is 32.9 Å². The number of rotatable bonds is 19. The van der Waals surface area contributed by atoms with Crippen molar-refractivity contribution < 1.29 is 18.7 Å². The Morgan fingerprint density at radius 1 is 1.10 bits per heavy atom. The summed E-state index contributed by atoms with van der Waals surface area (Å²) in [6, 6.07) is 8.19. The molecule has 1 atom stereocenters. The fourth-order valence-electron chi connectivity index (χ4n) is 4.35. The Balaban J connectivity index is 2.02. The molecule has 9 nitrogen and oxygen atoms in total. The van der Waals surface area contributed by atoms with Crippen molar-refractivity contribution in [2.75, 3.05) is 71.6 Å². The number of unbranched alkanes of at least 4 members (excludes halogenated alkanes) is 1. The lowest BCUT2D eigenvalue weighted by atomic mass is 10.1. The molecule has 42 heavy (non-hydrogen) atoms. The zero-order valence-corrected chi connectivity index (χ0v) is 27.6. The van der Waals surface area contributed by atoms with Crippen LogP contribution in [-0.4, -0.2) is 83.4 Å². The molecular formula is C32H49N6O3S+. The number of benzene rings is 1. The van der Waals surface area contributed by atoms with Crippen molar-refractivity contribution in [1.82, 2.24) is 0 Å². The molecule has 0 saturated carbocycles. The Bertz CT molecular complexity index is 1230. The number of nitrogens with zero attached hydrogens (tertiary/aromatic N) is 6. The van der Waals surface area contributed by atoms with Gasteiger partial charge >= 0.3 is 0 Å². The van der Waals surface area contributed by atoms with Crippen molar-refractivity contribution >= 4 is 33.4 Å². The van der Waals surface area contributed by atoms with Crippen molar-refractivity contribution in [2.45, 2.75) is 66.6 Å². The number of hydrogen-bond acceptors (Lipinski definition) is 8. The van der Waals surface area contributed by atoms with Crippen LogP contribution in [0.4, 0.5) is 22.1 Å². The van der Waals surface area contributed by atoms with Crippen molar-refractivity contribution in [3.63, 3.8) is 0 Å². The van der Waals surface area contributed by atoms with Gasteiger partial charge in [-0.05, 0) is 70.4 Å². The van der Waals surface area contributed by atoms with Gasteiger partial charge in [-0.25, -0.2) is 4.85 Å². The number of azo groups is 1. The average Bonchev–Trinajstić information content (AvgIpc) is 3.27. The minimum Gasteiger partial charge on any atom is -0.376 e. The maximum atomic E-state index is 9.30. The molecule has 1 aromatic heterocycles. The van der Waals surface area contributed by atoms with E-state index in [-0.39, 0.29) is 12.2 Å². The maximum absolute atomic E-state index is 9.30. The molecule has 230 valence electrons. The topological polar surface area (TPSA) is 83.8 Å². The molecule has 1 aromatic carbocycles. The highest BCUT2D eigenvalue weighted by atomic mass is 32.1. The summed E-state index contributed by atoms with van der Waals surface area (Å²) in [6.45, 7) is 25.6. The molecule has 0 radical (unpaired) electrons. The Kier molecular flexibility index (Phi) is 15.1. The van der Waals surface area contributed by atoms with Crippen LogP contribution in [0.5, 0.6) is 0 Å². The molecule has 0 aliphatic heterocycles. The van der Waals surface area contributed by atoms with Crippen LogP contribution >= 0.6 is 11.3 Å². The third kappa shape index (κ3) is 11.4. The van der Waals surface area contributed by atoms with Crippen molar-refractivity contribution in [2.24, 2.45) is 10.2 Å². The predicted molar refractivity (Wildman–Crippen MR) is 172 cm³/mol. The van der Waals surface area contributed by atoms with E-state index in [1.165, 1.54) is 30.7 Å². The maximum Gasteiger partial charge on any atom is 0.229 e. The van der Waals surface area contributed by atoms with Gasteiger partial charge in [0.2, 0.25) is 5.69 Å². The second-order valence-electron chi connectivity index (χ2n) is 11.4. The first-order valence-corrected chi connectivity index (χ1v) is 15.7.